The molecule has 0 atom stereocenters. The summed E-state index contributed by atoms with van der Waals surface area (Å²) in [5.74, 6) is 0.634. The monoisotopic (exact) mass is 198 g/mol. The maximum absolute atomic E-state index is 8.85. The first kappa shape index (κ1) is 9.79. The minimum absolute atomic E-state index is 0.634. The number of hydrogen-bond acceptors (Lipinski definition) is 1. The molecule has 2 rings (SSSR count). The molecule has 2 aromatic rings. The number of nitriles is 1. The Kier molecular flexibility index (Phi) is 2.47. The molecule has 0 radical (unpaired) electrons. The average molecular weight is 198 g/mol. The fraction of sp³-hybridized carbons (Fsp3) is 0.308. The van der Waals surface area contributed by atoms with E-state index in [9.17, 15) is 0 Å². The topological polar surface area (TPSA) is 39.6 Å². The molecule has 0 saturated heterocycles. The fourth-order valence-electron chi connectivity index (χ4n) is 1.86. The van der Waals surface area contributed by atoms with Crippen LogP contribution in [0.25, 0.3) is 10.9 Å². The van der Waals surface area contributed by atoms with Gasteiger partial charge in [0.1, 0.15) is 0 Å². The summed E-state index contributed by atoms with van der Waals surface area (Å²) in [6, 6.07) is 7.95. The van der Waals surface area contributed by atoms with Gasteiger partial charge in [-0.2, -0.15) is 5.26 Å². The van der Waals surface area contributed by atoms with Crippen molar-refractivity contribution < 1.29 is 0 Å². The van der Waals surface area contributed by atoms with E-state index in [2.05, 4.69) is 24.9 Å². The van der Waals surface area contributed by atoms with E-state index in [-0.39, 0.29) is 0 Å². The summed E-state index contributed by atoms with van der Waals surface area (Å²) < 4.78 is 0. The van der Waals surface area contributed by atoms with Crippen molar-refractivity contribution in [2.45, 2.75) is 20.3 Å². The molecule has 1 aromatic carbocycles. The first-order valence-corrected chi connectivity index (χ1v) is 5.21. The van der Waals surface area contributed by atoms with Crippen LogP contribution in [0.3, 0.4) is 0 Å². The van der Waals surface area contributed by atoms with Crippen molar-refractivity contribution in [1.82, 2.24) is 4.98 Å². The fourth-order valence-corrected chi connectivity index (χ4v) is 1.86. The second kappa shape index (κ2) is 3.78. The van der Waals surface area contributed by atoms with Gasteiger partial charge in [0, 0.05) is 17.1 Å². The molecule has 0 saturated carbocycles. The maximum atomic E-state index is 8.85. The van der Waals surface area contributed by atoms with Gasteiger partial charge in [-0.25, -0.2) is 0 Å². The largest absolute Gasteiger partial charge is 0.361 e. The molecular formula is C13H14N2. The Bertz CT molecular complexity index is 515. The second-order valence-electron chi connectivity index (χ2n) is 4.28. The standard InChI is InChI=1S/C13H14N2/c1-9(2)5-11-8-15-13-4-3-10(7-14)6-12(11)13/h3-4,6,8-9,15H,5H2,1-2H3. The lowest BCUT2D eigenvalue weighted by Gasteiger charge is -2.02. The van der Waals surface area contributed by atoms with E-state index in [1.165, 1.54) is 10.9 Å². The molecule has 0 unspecified atom stereocenters. The van der Waals surface area contributed by atoms with Gasteiger partial charge in [0.15, 0.2) is 0 Å². The maximum Gasteiger partial charge on any atom is 0.0991 e. The van der Waals surface area contributed by atoms with Crippen molar-refractivity contribution in [3.8, 4) is 6.07 Å². The van der Waals surface area contributed by atoms with E-state index in [1.54, 1.807) is 0 Å². The number of nitrogens with one attached hydrogen (secondary N) is 1. The molecule has 2 nitrogen and oxygen atoms in total. The molecule has 1 aromatic heterocycles. The minimum atomic E-state index is 0.634. The van der Waals surface area contributed by atoms with Crippen LogP contribution in [-0.2, 0) is 6.42 Å². The number of fused-ring (bicyclic) bond motifs is 1. The Morgan fingerprint density at radius 1 is 1.40 bits per heavy atom. The first-order valence-electron chi connectivity index (χ1n) is 5.21. The number of rotatable bonds is 2. The van der Waals surface area contributed by atoms with Gasteiger partial charge in [-0.1, -0.05) is 13.8 Å². The summed E-state index contributed by atoms with van der Waals surface area (Å²) in [7, 11) is 0. The van der Waals surface area contributed by atoms with Gasteiger partial charge >= 0.3 is 0 Å². The molecule has 0 aliphatic heterocycles. The van der Waals surface area contributed by atoms with Crippen LogP contribution >= 0.6 is 0 Å². The quantitative estimate of drug-likeness (QED) is 0.790. The van der Waals surface area contributed by atoms with Crippen LogP contribution in [0.5, 0.6) is 0 Å². The van der Waals surface area contributed by atoms with Crippen LogP contribution in [0, 0.1) is 17.2 Å². The molecule has 0 spiro atoms. The number of aromatic amines is 1. The average Bonchev–Trinajstić information content (AvgIpc) is 2.60. The van der Waals surface area contributed by atoms with Gasteiger partial charge in [-0.05, 0) is 36.1 Å². The summed E-state index contributed by atoms with van der Waals surface area (Å²) >= 11 is 0. The van der Waals surface area contributed by atoms with E-state index in [1.807, 2.05) is 24.4 Å². The van der Waals surface area contributed by atoms with Crippen molar-refractivity contribution in [1.29, 1.82) is 5.26 Å². The van der Waals surface area contributed by atoms with E-state index >= 15 is 0 Å². The molecule has 0 bridgehead atoms. The van der Waals surface area contributed by atoms with Crippen LogP contribution in [0.1, 0.15) is 25.0 Å². The van der Waals surface area contributed by atoms with Gasteiger partial charge in [0.2, 0.25) is 0 Å². The number of nitrogens with zero attached hydrogens (tertiary/aromatic N) is 1. The number of benzene rings is 1. The van der Waals surface area contributed by atoms with Gasteiger partial charge in [-0.3, -0.25) is 0 Å². The number of hydrogen-bond donors (Lipinski definition) is 1. The summed E-state index contributed by atoms with van der Waals surface area (Å²) in [6.45, 7) is 4.40. The third-order valence-corrected chi connectivity index (χ3v) is 2.52. The molecular weight excluding hydrogens is 184 g/mol. The van der Waals surface area contributed by atoms with Crippen molar-refractivity contribution in [2.75, 3.05) is 0 Å². The zero-order chi connectivity index (χ0) is 10.8. The molecule has 0 fully saturated rings. The van der Waals surface area contributed by atoms with E-state index < -0.39 is 0 Å². The lowest BCUT2D eigenvalue weighted by atomic mass is 10.0. The summed E-state index contributed by atoms with van der Waals surface area (Å²) in [4.78, 5) is 3.24. The van der Waals surface area contributed by atoms with Crippen molar-refractivity contribution in [3.63, 3.8) is 0 Å². The second-order valence-corrected chi connectivity index (χ2v) is 4.28. The van der Waals surface area contributed by atoms with E-state index in [4.69, 9.17) is 5.26 Å². The SMILES string of the molecule is CC(C)Cc1c[nH]c2ccc(C#N)cc12. The smallest absolute Gasteiger partial charge is 0.0991 e. The molecule has 1 heterocycles. The van der Waals surface area contributed by atoms with Crippen molar-refractivity contribution >= 4 is 10.9 Å². The Hall–Kier alpha value is -1.75. The summed E-state index contributed by atoms with van der Waals surface area (Å²) in [5, 5.41) is 10.0. The Labute approximate surface area is 89.5 Å². The van der Waals surface area contributed by atoms with Crippen molar-refractivity contribution in [2.24, 2.45) is 5.92 Å². The van der Waals surface area contributed by atoms with Crippen LogP contribution in [0.2, 0.25) is 0 Å². The lowest BCUT2D eigenvalue weighted by Crippen LogP contribution is -1.92. The molecule has 0 aliphatic rings. The lowest BCUT2D eigenvalue weighted by molar-refractivity contribution is 0.650. The van der Waals surface area contributed by atoms with Gasteiger partial charge in [-0.15, -0.1) is 0 Å². The van der Waals surface area contributed by atoms with Crippen LogP contribution in [0.15, 0.2) is 24.4 Å². The molecule has 1 N–H and O–H groups in total. The van der Waals surface area contributed by atoms with Gasteiger partial charge in [0.25, 0.3) is 0 Å². The van der Waals surface area contributed by atoms with Gasteiger partial charge < -0.3 is 4.98 Å². The highest BCUT2D eigenvalue weighted by molar-refractivity contribution is 5.84. The Balaban J connectivity index is 2.52. The Morgan fingerprint density at radius 3 is 2.87 bits per heavy atom. The zero-order valence-electron chi connectivity index (χ0n) is 9.04. The molecule has 0 aliphatic carbocycles. The normalized spacial score (nSPS) is 10.8. The molecule has 0 amide bonds. The van der Waals surface area contributed by atoms with E-state index in [0.717, 1.165) is 17.5 Å². The summed E-state index contributed by atoms with van der Waals surface area (Å²) in [5.41, 5.74) is 3.15. The third-order valence-electron chi connectivity index (χ3n) is 2.52. The zero-order valence-corrected chi connectivity index (χ0v) is 9.04. The van der Waals surface area contributed by atoms with Crippen LogP contribution in [0.4, 0.5) is 0 Å². The minimum Gasteiger partial charge on any atom is -0.361 e. The van der Waals surface area contributed by atoms with Gasteiger partial charge in [0.05, 0.1) is 11.6 Å². The van der Waals surface area contributed by atoms with E-state index in [0.29, 0.717) is 5.92 Å². The van der Waals surface area contributed by atoms with Crippen LogP contribution < -0.4 is 0 Å². The predicted octanol–water partition coefficient (Wildman–Crippen LogP) is 3.24. The molecule has 76 valence electrons. The third kappa shape index (κ3) is 1.87. The highest BCUT2D eigenvalue weighted by Gasteiger charge is 2.06. The first-order chi connectivity index (χ1) is 7.20. The highest BCUT2D eigenvalue weighted by atomic mass is 14.7. The number of H-pyrrole nitrogens is 1. The van der Waals surface area contributed by atoms with Crippen LogP contribution in [-0.4, -0.2) is 4.98 Å². The number of aromatic nitrogens is 1. The predicted molar refractivity (Wildman–Crippen MR) is 61.6 cm³/mol. The van der Waals surface area contributed by atoms with Crippen molar-refractivity contribution in [3.05, 3.63) is 35.5 Å². The summed E-state index contributed by atoms with van der Waals surface area (Å²) in [6.07, 6.45) is 3.10. The molecule has 15 heavy (non-hydrogen) atoms. The molecule has 2 heteroatoms. The Morgan fingerprint density at radius 2 is 2.20 bits per heavy atom. The highest BCUT2D eigenvalue weighted by Crippen LogP contribution is 2.21.